The third-order valence-corrected chi connectivity index (χ3v) is 3.30. The molecule has 0 spiro atoms. The summed E-state index contributed by atoms with van der Waals surface area (Å²) >= 11 is 0. The van der Waals surface area contributed by atoms with E-state index < -0.39 is 35.0 Å². The number of alkyl halides is 3. The molecule has 0 bridgehead atoms. The van der Waals surface area contributed by atoms with E-state index >= 15 is 0 Å². The Morgan fingerprint density at radius 1 is 1.33 bits per heavy atom. The summed E-state index contributed by atoms with van der Waals surface area (Å²) < 4.78 is 54.2. The van der Waals surface area contributed by atoms with Crippen LogP contribution in [0.2, 0.25) is 0 Å². The molecule has 0 saturated heterocycles. The Morgan fingerprint density at radius 2 is 2.00 bits per heavy atom. The Balaban J connectivity index is 2.44. The van der Waals surface area contributed by atoms with Crippen LogP contribution in [0.5, 0.6) is 0 Å². The van der Waals surface area contributed by atoms with Gasteiger partial charge in [0.15, 0.2) is 11.4 Å². The van der Waals surface area contributed by atoms with Gasteiger partial charge in [-0.3, -0.25) is 4.79 Å². The number of hydrogen-bond acceptors (Lipinski definition) is 4. The van der Waals surface area contributed by atoms with Crippen molar-refractivity contribution in [1.29, 1.82) is 0 Å². The zero-order valence-electron chi connectivity index (χ0n) is 12.9. The molecule has 6 nitrogen and oxygen atoms in total. The first-order chi connectivity index (χ1) is 11.3. The molecule has 1 unspecified atom stereocenters. The van der Waals surface area contributed by atoms with Crippen LogP contribution in [-0.4, -0.2) is 40.5 Å². The second kappa shape index (κ2) is 6.95. The minimum absolute atomic E-state index is 0.0964. The summed E-state index contributed by atoms with van der Waals surface area (Å²) in [5, 5.41) is 11.8. The van der Waals surface area contributed by atoms with Crippen LogP contribution in [0.25, 0.3) is 5.69 Å². The molecule has 2 N–H and O–H groups in total. The molecule has 2 rings (SSSR count). The van der Waals surface area contributed by atoms with Gasteiger partial charge < -0.3 is 10.6 Å². The molecule has 2 aromatic rings. The highest BCUT2D eigenvalue weighted by atomic mass is 19.4. The third kappa shape index (κ3) is 3.70. The van der Waals surface area contributed by atoms with Crippen LogP contribution in [0, 0.1) is 5.82 Å². The molecule has 24 heavy (non-hydrogen) atoms. The largest absolute Gasteiger partial charge is 0.435 e. The van der Waals surface area contributed by atoms with Gasteiger partial charge in [0.1, 0.15) is 11.5 Å². The number of rotatable bonds is 5. The summed E-state index contributed by atoms with van der Waals surface area (Å²) in [7, 11) is 1.65. The van der Waals surface area contributed by atoms with E-state index in [2.05, 4.69) is 20.9 Å². The number of aromatic nitrogens is 3. The van der Waals surface area contributed by atoms with E-state index in [0.29, 0.717) is 0 Å². The number of carbonyl (C=O) groups is 1. The third-order valence-electron chi connectivity index (χ3n) is 3.30. The highest BCUT2D eigenvalue weighted by Gasteiger charge is 2.42. The Kier molecular flexibility index (Phi) is 5.17. The van der Waals surface area contributed by atoms with Crippen LogP contribution in [-0.2, 0) is 6.18 Å². The SMILES string of the molecule is CNC(C)CNC(=O)c1nnn(-c2ccccc2F)c1C(F)(F)F. The lowest BCUT2D eigenvalue weighted by molar-refractivity contribution is -0.143. The zero-order valence-corrected chi connectivity index (χ0v) is 12.9. The molecule has 0 aliphatic rings. The van der Waals surface area contributed by atoms with Crippen LogP contribution < -0.4 is 10.6 Å². The van der Waals surface area contributed by atoms with Crippen LogP contribution in [0.3, 0.4) is 0 Å². The molecule has 0 fully saturated rings. The summed E-state index contributed by atoms with van der Waals surface area (Å²) in [6.45, 7) is 1.83. The molecular weight excluding hydrogens is 330 g/mol. The Hall–Kier alpha value is -2.49. The predicted octanol–water partition coefficient (Wildman–Crippen LogP) is 1.76. The minimum atomic E-state index is -4.94. The average molecular weight is 345 g/mol. The molecule has 0 saturated carbocycles. The molecule has 1 aromatic carbocycles. The first-order valence-electron chi connectivity index (χ1n) is 6.99. The number of amides is 1. The van der Waals surface area contributed by atoms with Gasteiger partial charge in [0.05, 0.1) is 0 Å². The van der Waals surface area contributed by atoms with Gasteiger partial charge in [-0.2, -0.15) is 13.2 Å². The summed E-state index contributed by atoms with van der Waals surface area (Å²) in [5.74, 6) is -1.95. The van der Waals surface area contributed by atoms with Crippen molar-refractivity contribution < 1.29 is 22.4 Å². The zero-order chi connectivity index (χ0) is 17.9. The van der Waals surface area contributed by atoms with Gasteiger partial charge in [0.25, 0.3) is 5.91 Å². The van der Waals surface area contributed by atoms with E-state index in [1.165, 1.54) is 12.1 Å². The Morgan fingerprint density at radius 3 is 2.58 bits per heavy atom. The fraction of sp³-hybridized carbons (Fsp3) is 0.357. The number of nitrogens with zero attached hydrogens (tertiary/aromatic N) is 3. The van der Waals surface area contributed by atoms with E-state index in [0.717, 1.165) is 12.1 Å². The number of para-hydroxylation sites is 1. The van der Waals surface area contributed by atoms with E-state index in [4.69, 9.17) is 0 Å². The second-order valence-electron chi connectivity index (χ2n) is 5.05. The second-order valence-corrected chi connectivity index (χ2v) is 5.05. The van der Waals surface area contributed by atoms with Crippen molar-refractivity contribution in [3.05, 3.63) is 41.5 Å². The lowest BCUT2D eigenvalue weighted by Crippen LogP contribution is -2.38. The fourth-order valence-electron chi connectivity index (χ4n) is 1.91. The summed E-state index contributed by atoms with van der Waals surface area (Å²) in [4.78, 5) is 12.0. The van der Waals surface area contributed by atoms with E-state index in [1.54, 1.807) is 14.0 Å². The van der Waals surface area contributed by atoms with Crippen molar-refractivity contribution in [1.82, 2.24) is 25.6 Å². The van der Waals surface area contributed by atoms with E-state index in [-0.39, 0.29) is 17.3 Å². The highest BCUT2D eigenvalue weighted by molar-refractivity contribution is 5.93. The van der Waals surface area contributed by atoms with Crippen molar-refractivity contribution in [2.24, 2.45) is 0 Å². The van der Waals surface area contributed by atoms with Gasteiger partial charge in [0.2, 0.25) is 0 Å². The van der Waals surface area contributed by atoms with Gasteiger partial charge in [-0.15, -0.1) is 5.10 Å². The smallest absolute Gasteiger partial charge is 0.349 e. The molecule has 1 aromatic heterocycles. The van der Waals surface area contributed by atoms with Crippen molar-refractivity contribution in [3.8, 4) is 5.69 Å². The Bertz CT molecular complexity index is 728. The quantitative estimate of drug-likeness (QED) is 0.810. The van der Waals surface area contributed by atoms with Gasteiger partial charge in [-0.25, -0.2) is 9.07 Å². The number of carbonyl (C=O) groups excluding carboxylic acids is 1. The lowest BCUT2D eigenvalue weighted by atomic mass is 10.2. The van der Waals surface area contributed by atoms with Crippen molar-refractivity contribution >= 4 is 5.91 Å². The van der Waals surface area contributed by atoms with Crippen molar-refractivity contribution in [3.63, 3.8) is 0 Å². The first-order valence-corrected chi connectivity index (χ1v) is 6.99. The molecule has 1 heterocycles. The molecular formula is C14H15F4N5O. The van der Waals surface area contributed by atoms with E-state index in [1.807, 2.05) is 0 Å². The Labute approximate surface area is 134 Å². The van der Waals surface area contributed by atoms with Crippen LogP contribution >= 0.6 is 0 Å². The van der Waals surface area contributed by atoms with Crippen LogP contribution in [0.4, 0.5) is 17.6 Å². The van der Waals surface area contributed by atoms with Crippen molar-refractivity contribution in [2.45, 2.75) is 19.1 Å². The topological polar surface area (TPSA) is 71.8 Å². The molecule has 0 aliphatic carbocycles. The van der Waals surface area contributed by atoms with Gasteiger partial charge in [0, 0.05) is 12.6 Å². The number of nitrogens with one attached hydrogen (secondary N) is 2. The number of hydrogen-bond donors (Lipinski definition) is 2. The van der Waals surface area contributed by atoms with Crippen LogP contribution in [0.15, 0.2) is 24.3 Å². The van der Waals surface area contributed by atoms with Crippen molar-refractivity contribution in [2.75, 3.05) is 13.6 Å². The summed E-state index contributed by atoms with van der Waals surface area (Å²) in [5.41, 5.74) is -2.78. The monoisotopic (exact) mass is 345 g/mol. The standard InChI is InChI=1S/C14H15F4N5O/c1-8(19-2)7-20-13(24)11-12(14(16,17)18)23(22-21-11)10-6-4-3-5-9(10)15/h3-6,8,19H,7H2,1-2H3,(H,20,24). The molecule has 0 radical (unpaired) electrons. The van der Waals surface area contributed by atoms with Gasteiger partial charge in [-0.1, -0.05) is 17.3 Å². The molecule has 1 atom stereocenters. The fourth-order valence-corrected chi connectivity index (χ4v) is 1.91. The molecule has 0 aliphatic heterocycles. The lowest BCUT2D eigenvalue weighted by Gasteiger charge is -2.13. The normalized spacial score (nSPS) is 12.9. The maximum absolute atomic E-state index is 13.8. The van der Waals surface area contributed by atoms with E-state index in [9.17, 15) is 22.4 Å². The van der Waals surface area contributed by atoms with Gasteiger partial charge in [-0.05, 0) is 26.1 Å². The number of halogens is 4. The minimum Gasteiger partial charge on any atom is -0.349 e. The number of benzene rings is 1. The number of likely N-dealkylation sites (N-methyl/N-ethyl adjacent to an activating group) is 1. The maximum atomic E-state index is 13.8. The highest BCUT2D eigenvalue weighted by Crippen LogP contribution is 2.33. The molecule has 1 amide bonds. The average Bonchev–Trinajstić information content (AvgIpc) is 2.97. The summed E-state index contributed by atoms with van der Waals surface area (Å²) in [6.07, 6.45) is -4.94. The molecule has 130 valence electrons. The first kappa shape index (κ1) is 17.9. The van der Waals surface area contributed by atoms with Gasteiger partial charge >= 0.3 is 6.18 Å². The molecule has 10 heteroatoms. The predicted molar refractivity (Wildman–Crippen MR) is 77.2 cm³/mol. The summed E-state index contributed by atoms with van der Waals surface area (Å²) in [6, 6.07) is 4.64. The van der Waals surface area contributed by atoms with Crippen LogP contribution in [0.1, 0.15) is 23.1 Å². The maximum Gasteiger partial charge on any atom is 0.435 e.